The predicted octanol–water partition coefficient (Wildman–Crippen LogP) is 2.99. The summed E-state index contributed by atoms with van der Waals surface area (Å²) in [5, 5.41) is 0. The molecule has 0 saturated heterocycles. The van der Waals surface area contributed by atoms with Crippen molar-refractivity contribution in [3.8, 4) is 5.75 Å². The topological polar surface area (TPSA) is 22.1 Å². The van der Waals surface area contributed by atoms with Gasteiger partial charge in [0.15, 0.2) is 3.92 Å². The van der Waals surface area contributed by atoms with Crippen LogP contribution in [0, 0.1) is 0 Å². The van der Waals surface area contributed by atoms with Crippen molar-refractivity contribution >= 4 is 37.5 Å². The minimum Gasteiger partial charge on any atom is -0.493 e. The molecular formula is C9H6BrNOS. The highest BCUT2D eigenvalue weighted by Crippen LogP contribution is 2.34. The van der Waals surface area contributed by atoms with Crippen LogP contribution in [0.1, 0.15) is 5.56 Å². The zero-order chi connectivity index (χ0) is 8.84. The molecule has 4 heteroatoms. The average Bonchev–Trinajstić information content (AvgIpc) is 2.63. The summed E-state index contributed by atoms with van der Waals surface area (Å²) in [6.07, 6.45) is 1.01. The Bertz CT molecular complexity index is 439. The van der Waals surface area contributed by atoms with Gasteiger partial charge in [-0.1, -0.05) is 0 Å². The van der Waals surface area contributed by atoms with E-state index in [0.717, 1.165) is 28.2 Å². The third-order valence-corrected chi connectivity index (χ3v) is 3.64. The SMILES string of the molecule is Brc1nc2cc3c(cc2s1)OCC3. The molecular weight excluding hydrogens is 250 g/mol. The van der Waals surface area contributed by atoms with E-state index in [0.29, 0.717) is 0 Å². The summed E-state index contributed by atoms with van der Waals surface area (Å²) in [5.41, 5.74) is 2.35. The molecule has 1 aliphatic heterocycles. The van der Waals surface area contributed by atoms with Crippen molar-refractivity contribution in [2.75, 3.05) is 6.61 Å². The maximum atomic E-state index is 5.48. The minimum absolute atomic E-state index is 0.813. The smallest absolute Gasteiger partial charge is 0.160 e. The summed E-state index contributed by atoms with van der Waals surface area (Å²) in [4.78, 5) is 4.37. The molecule has 66 valence electrons. The first-order valence-electron chi connectivity index (χ1n) is 4.05. The van der Waals surface area contributed by atoms with Gasteiger partial charge in [0.25, 0.3) is 0 Å². The van der Waals surface area contributed by atoms with Gasteiger partial charge in [-0.2, -0.15) is 0 Å². The van der Waals surface area contributed by atoms with Gasteiger partial charge in [0.05, 0.1) is 16.8 Å². The van der Waals surface area contributed by atoms with Crippen molar-refractivity contribution in [1.82, 2.24) is 4.98 Å². The highest BCUT2D eigenvalue weighted by atomic mass is 79.9. The maximum absolute atomic E-state index is 5.48. The van der Waals surface area contributed by atoms with Crippen LogP contribution in [0.15, 0.2) is 16.0 Å². The summed E-state index contributed by atoms with van der Waals surface area (Å²) in [5.74, 6) is 1.03. The lowest BCUT2D eigenvalue weighted by Gasteiger charge is -1.96. The van der Waals surface area contributed by atoms with Gasteiger partial charge in [-0.3, -0.25) is 0 Å². The van der Waals surface area contributed by atoms with Crippen molar-refractivity contribution in [2.45, 2.75) is 6.42 Å². The van der Waals surface area contributed by atoms with Crippen molar-refractivity contribution in [3.05, 3.63) is 21.6 Å². The number of rotatable bonds is 0. The van der Waals surface area contributed by atoms with Crippen molar-refractivity contribution in [3.63, 3.8) is 0 Å². The number of hydrogen-bond donors (Lipinski definition) is 0. The van der Waals surface area contributed by atoms with Gasteiger partial charge in [0, 0.05) is 6.42 Å². The lowest BCUT2D eigenvalue weighted by Crippen LogP contribution is -1.85. The van der Waals surface area contributed by atoms with Gasteiger partial charge in [-0.05, 0) is 33.6 Å². The van der Waals surface area contributed by atoms with E-state index in [9.17, 15) is 0 Å². The number of hydrogen-bond acceptors (Lipinski definition) is 3. The summed E-state index contributed by atoms with van der Waals surface area (Å²) < 4.78 is 7.60. The minimum atomic E-state index is 0.813. The molecule has 1 aromatic carbocycles. The molecule has 2 aromatic rings. The maximum Gasteiger partial charge on any atom is 0.160 e. The largest absolute Gasteiger partial charge is 0.493 e. The van der Waals surface area contributed by atoms with Crippen LogP contribution in [0.4, 0.5) is 0 Å². The number of thiazole rings is 1. The molecule has 0 amide bonds. The molecule has 0 spiro atoms. The monoisotopic (exact) mass is 255 g/mol. The summed E-state index contributed by atoms with van der Waals surface area (Å²) in [6.45, 7) is 0.813. The summed E-state index contributed by atoms with van der Waals surface area (Å²) in [6, 6.07) is 4.21. The second kappa shape index (κ2) is 2.69. The standard InChI is InChI=1S/C9H6BrNOS/c10-9-11-6-3-5-1-2-12-7(5)4-8(6)13-9/h3-4H,1-2H2. The molecule has 0 fully saturated rings. The Morgan fingerprint density at radius 1 is 1.46 bits per heavy atom. The summed E-state index contributed by atoms with van der Waals surface area (Å²) >= 11 is 5.02. The van der Waals surface area contributed by atoms with Gasteiger partial charge in [-0.15, -0.1) is 11.3 Å². The van der Waals surface area contributed by atoms with E-state index in [1.165, 1.54) is 10.3 Å². The molecule has 0 saturated carbocycles. The first kappa shape index (κ1) is 7.76. The second-order valence-corrected chi connectivity index (χ2v) is 5.30. The molecule has 0 unspecified atom stereocenters. The molecule has 0 radical (unpaired) electrons. The third-order valence-electron chi connectivity index (χ3n) is 2.17. The molecule has 2 nitrogen and oxygen atoms in total. The normalized spacial score (nSPS) is 14.5. The lowest BCUT2D eigenvalue weighted by molar-refractivity contribution is 0.357. The van der Waals surface area contributed by atoms with Crippen LogP contribution in [0.5, 0.6) is 5.75 Å². The Hall–Kier alpha value is -0.610. The van der Waals surface area contributed by atoms with Crippen molar-refractivity contribution < 1.29 is 4.74 Å². The Morgan fingerprint density at radius 3 is 3.31 bits per heavy atom. The fraction of sp³-hybridized carbons (Fsp3) is 0.222. The molecule has 1 aromatic heterocycles. The van der Waals surface area contributed by atoms with Gasteiger partial charge < -0.3 is 4.74 Å². The highest BCUT2D eigenvalue weighted by molar-refractivity contribution is 9.11. The molecule has 0 N–H and O–H groups in total. The van der Waals surface area contributed by atoms with Crippen LogP contribution in [-0.2, 0) is 6.42 Å². The Kier molecular flexibility index (Phi) is 1.60. The number of aromatic nitrogens is 1. The first-order chi connectivity index (χ1) is 6.33. The van der Waals surface area contributed by atoms with Gasteiger partial charge in [0.2, 0.25) is 0 Å². The second-order valence-electron chi connectivity index (χ2n) is 2.99. The van der Waals surface area contributed by atoms with Crippen LogP contribution in [0.2, 0.25) is 0 Å². The van der Waals surface area contributed by atoms with Gasteiger partial charge in [0.1, 0.15) is 5.75 Å². The zero-order valence-corrected chi connectivity index (χ0v) is 9.11. The van der Waals surface area contributed by atoms with E-state index in [2.05, 4.69) is 33.0 Å². The fourth-order valence-electron chi connectivity index (χ4n) is 1.57. The van der Waals surface area contributed by atoms with E-state index in [1.54, 1.807) is 11.3 Å². The van der Waals surface area contributed by atoms with Crippen LogP contribution >= 0.6 is 27.3 Å². The van der Waals surface area contributed by atoms with E-state index >= 15 is 0 Å². The first-order valence-corrected chi connectivity index (χ1v) is 5.65. The van der Waals surface area contributed by atoms with Crippen molar-refractivity contribution in [2.24, 2.45) is 0 Å². The third kappa shape index (κ3) is 1.16. The molecule has 0 bridgehead atoms. The fourth-order valence-corrected chi connectivity index (χ4v) is 2.99. The lowest BCUT2D eigenvalue weighted by atomic mass is 10.1. The highest BCUT2D eigenvalue weighted by Gasteiger charge is 2.14. The van der Waals surface area contributed by atoms with Gasteiger partial charge >= 0.3 is 0 Å². The Balaban J connectivity index is 2.35. The van der Waals surface area contributed by atoms with E-state index < -0.39 is 0 Å². The molecule has 2 heterocycles. The molecule has 0 atom stereocenters. The zero-order valence-electron chi connectivity index (χ0n) is 6.71. The Morgan fingerprint density at radius 2 is 2.38 bits per heavy atom. The van der Waals surface area contributed by atoms with Crippen molar-refractivity contribution in [1.29, 1.82) is 0 Å². The van der Waals surface area contributed by atoms with Gasteiger partial charge in [-0.25, -0.2) is 4.98 Å². The quantitative estimate of drug-likeness (QED) is 0.722. The Labute approximate surface area is 87.7 Å². The molecule has 1 aliphatic rings. The number of halogens is 1. The van der Waals surface area contributed by atoms with Crippen LogP contribution < -0.4 is 4.74 Å². The molecule has 3 rings (SSSR count). The number of ether oxygens (including phenoxy) is 1. The van der Waals surface area contributed by atoms with Crippen LogP contribution in [0.3, 0.4) is 0 Å². The number of nitrogens with zero attached hydrogens (tertiary/aromatic N) is 1. The van der Waals surface area contributed by atoms with E-state index in [1.807, 2.05) is 0 Å². The number of benzene rings is 1. The summed E-state index contributed by atoms with van der Waals surface area (Å²) in [7, 11) is 0. The van der Waals surface area contributed by atoms with E-state index in [4.69, 9.17) is 4.74 Å². The molecule has 13 heavy (non-hydrogen) atoms. The number of fused-ring (bicyclic) bond motifs is 2. The molecule has 0 aliphatic carbocycles. The van der Waals surface area contributed by atoms with E-state index in [-0.39, 0.29) is 0 Å². The van der Waals surface area contributed by atoms with Crippen LogP contribution in [-0.4, -0.2) is 11.6 Å². The average molecular weight is 256 g/mol. The predicted molar refractivity (Wildman–Crippen MR) is 56.5 cm³/mol. The van der Waals surface area contributed by atoms with Crippen LogP contribution in [0.25, 0.3) is 10.2 Å².